The van der Waals surface area contributed by atoms with Gasteiger partial charge in [0.15, 0.2) is 0 Å². The summed E-state index contributed by atoms with van der Waals surface area (Å²) >= 11 is 0. The number of rotatable bonds is 6. The maximum atomic E-state index is 12.3. The van der Waals surface area contributed by atoms with Crippen LogP contribution in [0.3, 0.4) is 0 Å². The largest absolute Gasteiger partial charge is 0.397 e. The van der Waals surface area contributed by atoms with E-state index >= 15 is 0 Å². The Bertz CT molecular complexity index is 983. The molecule has 0 saturated heterocycles. The van der Waals surface area contributed by atoms with Crippen molar-refractivity contribution in [3.05, 3.63) is 95.8 Å². The fourth-order valence-electron chi connectivity index (χ4n) is 2.47. The second kappa shape index (κ2) is 9.14. The highest BCUT2D eigenvalue weighted by atomic mass is 16.2. The fraction of sp³-hybridized carbons (Fsp3) is 0.0455. The zero-order valence-corrected chi connectivity index (χ0v) is 15.1. The van der Waals surface area contributed by atoms with Crippen molar-refractivity contribution in [1.82, 2.24) is 10.3 Å². The van der Waals surface area contributed by atoms with E-state index in [1.807, 2.05) is 6.07 Å². The Morgan fingerprint density at radius 3 is 2.50 bits per heavy atom. The lowest BCUT2D eigenvalue weighted by atomic mass is 10.1. The van der Waals surface area contributed by atoms with Crippen molar-refractivity contribution in [3.63, 3.8) is 0 Å². The van der Waals surface area contributed by atoms with Crippen LogP contribution in [0.15, 0.2) is 79.1 Å². The van der Waals surface area contributed by atoms with E-state index in [-0.39, 0.29) is 11.8 Å². The highest BCUT2D eigenvalue weighted by Gasteiger charge is 2.08. The molecule has 28 heavy (non-hydrogen) atoms. The third-order valence-electron chi connectivity index (χ3n) is 4.00. The zero-order chi connectivity index (χ0) is 19.8. The molecule has 0 aliphatic carbocycles. The van der Waals surface area contributed by atoms with Crippen LogP contribution in [0, 0.1) is 0 Å². The van der Waals surface area contributed by atoms with Crippen LogP contribution in [0.25, 0.3) is 6.08 Å². The van der Waals surface area contributed by atoms with E-state index in [1.54, 1.807) is 73.1 Å². The summed E-state index contributed by atoms with van der Waals surface area (Å²) in [5.74, 6) is -0.446. The quantitative estimate of drug-likeness (QED) is 0.457. The number of amides is 2. The number of aromatic nitrogens is 1. The first-order valence-corrected chi connectivity index (χ1v) is 8.72. The number of para-hydroxylation sites is 2. The van der Waals surface area contributed by atoms with Gasteiger partial charge in [-0.05, 0) is 47.5 Å². The molecule has 2 amide bonds. The molecule has 0 aliphatic rings. The maximum absolute atomic E-state index is 12.3. The maximum Gasteiger partial charge on any atom is 0.255 e. The van der Waals surface area contributed by atoms with E-state index in [0.29, 0.717) is 23.5 Å². The minimum absolute atomic E-state index is 0.203. The molecule has 0 unspecified atom stereocenters. The number of anilines is 2. The standard InChI is InChI=1S/C22H20N4O2/c23-19-5-1-2-6-20(19)26-22(28)18-10-7-17(8-11-18)15-25-21(27)12-9-16-4-3-13-24-14-16/h1-14H,15,23H2,(H,25,27)(H,26,28)/b12-9+. The molecule has 3 aromatic rings. The molecule has 4 N–H and O–H groups in total. The second-order valence-corrected chi connectivity index (χ2v) is 6.08. The van der Waals surface area contributed by atoms with Gasteiger partial charge in [-0.1, -0.05) is 30.3 Å². The molecule has 1 aromatic heterocycles. The molecule has 0 saturated carbocycles. The van der Waals surface area contributed by atoms with Crippen LogP contribution in [0.4, 0.5) is 11.4 Å². The van der Waals surface area contributed by atoms with Crippen LogP contribution in [-0.4, -0.2) is 16.8 Å². The Kier molecular flexibility index (Phi) is 6.15. The summed E-state index contributed by atoms with van der Waals surface area (Å²) in [6, 6.07) is 17.8. The molecule has 2 aromatic carbocycles. The average molecular weight is 372 g/mol. The molecule has 6 nitrogen and oxygen atoms in total. The minimum Gasteiger partial charge on any atom is -0.397 e. The van der Waals surface area contributed by atoms with Crippen LogP contribution < -0.4 is 16.4 Å². The van der Waals surface area contributed by atoms with Gasteiger partial charge in [0.2, 0.25) is 5.91 Å². The van der Waals surface area contributed by atoms with E-state index in [2.05, 4.69) is 15.6 Å². The average Bonchev–Trinajstić information content (AvgIpc) is 2.73. The number of benzene rings is 2. The Hall–Kier alpha value is -3.93. The van der Waals surface area contributed by atoms with E-state index < -0.39 is 0 Å². The van der Waals surface area contributed by atoms with Crippen molar-refractivity contribution in [2.24, 2.45) is 0 Å². The number of hydrogen-bond acceptors (Lipinski definition) is 4. The molecule has 0 atom stereocenters. The van der Waals surface area contributed by atoms with Crippen molar-refractivity contribution >= 4 is 29.3 Å². The first kappa shape index (κ1) is 18.8. The predicted octanol–water partition coefficient (Wildman–Crippen LogP) is 3.25. The molecule has 140 valence electrons. The topological polar surface area (TPSA) is 97.1 Å². The first-order valence-electron chi connectivity index (χ1n) is 8.72. The van der Waals surface area contributed by atoms with Crippen molar-refractivity contribution < 1.29 is 9.59 Å². The van der Waals surface area contributed by atoms with Crippen LogP contribution in [0.5, 0.6) is 0 Å². The van der Waals surface area contributed by atoms with Gasteiger partial charge in [-0.15, -0.1) is 0 Å². The summed E-state index contributed by atoms with van der Waals surface area (Å²) < 4.78 is 0. The van der Waals surface area contributed by atoms with Crippen LogP contribution in [-0.2, 0) is 11.3 Å². The third-order valence-corrected chi connectivity index (χ3v) is 4.00. The van der Waals surface area contributed by atoms with Crippen LogP contribution in [0.2, 0.25) is 0 Å². The number of nitrogens with one attached hydrogen (secondary N) is 2. The fourth-order valence-corrected chi connectivity index (χ4v) is 2.47. The monoisotopic (exact) mass is 372 g/mol. The molecular weight excluding hydrogens is 352 g/mol. The SMILES string of the molecule is Nc1ccccc1NC(=O)c1ccc(CNC(=O)/C=C/c2cccnc2)cc1. The Balaban J connectivity index is 1.53. The molecule has 6 heteroatoms. The highest BCUT2D eigenvalue weighted by molar-refractivity contribution is 6.05. The minimum atomic E-state index is -0.243. The molecule has 0 radical (unpaired) electrons. The van der Waals surface area contributed by atoms with E-state index in [1.165, 1.54) is 6.08 Å². The van der Waals surface area contributed by atoms with Crippen molar-refractivity contribution in [1.29, 1.82) is 0 Å². The lowest BCUT2D eigenvalue weighted by Gasteiger charge is -2.08. The molecule has 0 bridgehead atoms. The summed E-state index contributed by atoms with van der Waals surface area (Å²) in [6.45, 7) is 0.365. The predicted molar refractivity (Wildman–Crippen MR) is 110 cm³/mol. The van der Waals surface area contributed by atoms with Gasteiger partial charge in [0.05, 0.1) is 11.4 Å². The van der Waals surface area contributed by atoms with Crippen molar-refractivity contribution in [2.75, 3.05) is 11.1 Å². The van der Waals surface area contributed by atoms with E-state index in [0.717, 1.165) is 11.1 Å². The Labute approximate surface area is 163 Å². The Morgan fingerprint density at radius 2 is 1.79 bits per heavy atom. The van der Waals surface area contributed by atoms with Crippen molar-refractivity contribution in [2.45, 2.75) is 6.54 Å². The van der Waals surface area contributed by atoms with Gasteiger partial charge < -0.3 is 16.4 Å². The van der Waals surface area contributed by atoms with Crippen molar-refractivity contribution in [3.8, 4) is 0 Å². The number of nitrogens with two attached hydrogens (primary N) is 1. The number of carbonyl (C=O) groups excluding carboxylic acids is 2. The lowest BCUT2D eigenvalue weighted by Crippen LogP contribution is -2.20. The summed E-state index contributed by atoms with van der Waals surface area (Å²) in [7, 11) is 0. The van der Waals surface area contributed by atoms with Gasteiger partial charge in [0, 0.05) is 30.6 Å². The molecule has 1 heterocycles. The third kappa shape index (κ3) is 5.28. The summed E-state index contributed by atoms with van der Waals surface area (Å²) in [5.41, 5.74) is 9.17. The van der Waals surface area contributed by atoms with E-state index in [9.17, 15) is 9.59 Å². The number of nitrogens with zero attached hydrogens (tertiary/aromatic N) is 1. The summed E-state index contributed by atoms with van der Waals surface area (Å²) in [4.78, 5) is 28.2. The summed E-state index contributed by atoms with van der Waals surface area (Å²) in [5, 5.41) is 5.58. The molecule has 0 spiro atoms. The summed E-state index contributed by atoms with van der Waals surface area (Å²) in [6.07, 6.45) is 6.51. The van der Waals surface area contributed by atoms with Gasteiger partial charge in [0.25, 0.3) is 5.91 Å². The van der Waals surface area contributed by atoms with Crippen LogP contribution in [0.1, 0.15) is 21.5 Å². The lowest BCUT2D eigenvalue weighted by molar-refractivity contribution is -0.116. The molecule has 0 aliphatic heterocycles. The van der Waals surface area contributed by atoms with Gasteiger partial charge in [-0.2, -0.15) is 0 Å². The number of hydrogen-bond donors (Lipinski definition) is 3. The van der Waals surface area contributed by atoms with Crippen LogP contribution >= 0.6 is 0 Å². The molecule has 3 rings (SSSR count). The molecule has 0 fully saturated rings. The van der Waals surface area contributed by atoms with Gasteiger partial charge in [-0.3, -0.25) is 14.6 Å². The molecular formula is C22H20N4O2. The highest BCUT2D eigenvalue weighted by Crippen LogP contribution is 2.18. The van der Waals surface area contributed by atoms with Gasteiger partial charge in [0.1, 0.15) is 0 Å². The second-order valence-electron chi connectivity index (χ2n) is 6.08. The number of carbonyl (C=O) groups is 2. The Morgan fingerprint density at radius 1 is 1.00 bits per heavy atom. The van der Waals surface area contributed by atoms with Gasteiger partial charge >= 0.3 is 0 Å². The zero-order valence-electron chi connectivity index (χ0n) is 15.1. The van der Waals surface area contributed by atoms with Gasteiger partial charge in [-0.25, -0.2) is 0 Å². The number of pyridine rings is 1. The number of nitrogen functional groups attached to an aromatic ring is 1. The smallest absolute Gasteiger partial charge is 0.255 e. The first-order chi connectivity index (χ1) is 13.6. The van der Waals surface area contributed by atoms with E-state index in [4.69, 9.17) is 5.73 Å². The normalized spacial score (nSPS) is 10.6.